The van der Waals surface area contributed by atoms with E-state index >= 15 is 0 Å². The normalized spacial score (nSPS) is 17.7. The minimum atomic E-state index is 0.0719. The number of anilines is 1. The van der Waals surface area contributed by atoms with Gasteiger partial charge in [0.2, 0.25) is 0 Å². The molecule has 1 atom stereocenters. The summed E-state index contributed by atoms with van der Waals surface area (Å²) in [7, 11) is 0. The van der Waals surface area contributed by atoms with Gasteiger partial charge in [0.1, 0.15) is 5.82 Å². The molecule has 1 saturated heterocycles. The zero-order valence-electron chi connectivity index (χ0n) is 16.5. The topological polar surface area (TPSA) is 49.2 Å². The molecule has 0 spiro atoms. The number of aliphatic hydroxyl groups is 1. The maximum Gasteiger partial charge on any atom is 0.148 e. The van der Waals surface area contributed by atoms with Crippen LogP contribution in [0.3, 0.4) is 0 Å². The largest absolute Gasteiger partial charge is 0.394 e. The van der Waals surface area contributed by atoms with Gasteiger partial charge in [0.15, 0.2) is 0 Å². The van der Waals surface area contributed by atoms with Gasteiger partial charge in [-0.3, -0.25) is 4.98 Å². The minimum Gasteiger partial charge on any atom is -0.394 e. The Morgan fingerprint density at radius 1 is 1.28 bits per heavy atom. The van der Waals surface area contributed by atoms with E-state index < -0.39 is 0 Å². The van der Waals surface area contributed by atoms with Crippen molar-refractivity contribution in [1.29, 1.82) is 0 Å². The first-order chi connectivity index (χ1) is 14.0. The van der Waals surface area contributed by atoms with Crippen LogP contribution in [0.25, 0.3) is 16.8 Å². The number of halogens is 2. The molecule has 2 heterocycles. The van der Waals surface area contributed by atoms with Gasteiger partial charge in [0, 0.05) is 22.2 Å². The molecular formula is C23H25Cl2N3O. The molecule has 2 aromatic rings. The highest BCUT2D eigenvalue weighted by molar-refractivity contribution is 6.31. The number of rotatable bonds is 6. The Kier molecular flexibility index (Phi) is 7.48. The van der Waals surface area contributed by atoms with E-state index in [1.54, 1.807) is 12.3 Å². The first-order valence-electron chi connectivity index (χ1n) is 9.73. The van der Waals surface area contributed by atoms with Crippen molar-refractivity contribution >= 4 is 34.6 Å². The molecule has 1 unspecified atom stereocenters. The highest BCUT2D eigenvalue weighted by atomic mass is 35.5. The van der Waals surface area contributed by atoms with Crippen LogP contribution in [-0.4, -0.2) is 34.3 Å². The van der Waals surface area contributed by atoms with Gasteiger partial charge in [-0.25, -0.2) is 4.98 Å². The van der Waals surface area contributed by atoms with Gasteiger partial charge in [-0.2, -0.15) is 0 Å². The summed E-state index contributed by atoms with van der Waals surface area (Å²) < 4.78 is 0. The molecule has 1 aromatic heterocycles. The molecule has 1 N–H and O–H groups in total. The molecular weight excluding hydrogens is 405 g/mol. The Labute approximate surface area is 182 Å². The van der Waals surface area contributed by atoms with Gasteiger partial charge in [-0.15, -0.1) is 0 Å². The fourth-order valence-corrected chi connectivity index (χ4v) is 3.71. The summed E-state index contributed by atoms with van der Waals surface area (Å²) in [5.41, 5.74) is 3.34. The Hall–Kier alpha value is -2.14. The number of nitrogens with zero attached hydrogens (tertiary/aromatic N) is 3. The second kappa shape index (κ2) is 10.1. The fourth-order valence-electron chi connectivity index (χ4n) is 3.52. The Bertz CT molecular complexity index is 922. The van der Waals surface area contributed by atoms with Crippen LogP contribution in [0, 0.1) is 0 Å². The Balaban J connectivity index is 2.11. The summed E-state index contributed by atoms with van der Waals surface area (Å²) in [6.07, 6.45) is 10.5. The molecule has 152 valence electrons. The van der Waals surface area contributed by atoms with E-state index in [-0.39, 0.29) is 12.6 Å². The van der Waals surface area contributed by atoms with E-state index in [1.807, 2.05) is 43.3 Å². The van der Waals surface area contributed by atoms with Crippen LogP contribution < -0.4 is 4.90 Å². The van der Waals surface area contributed by atoms with Gasteiger partial charge in [0.25, 0.3) is 0 Å². The van der Waals surface area contributed by atoms with Gasteiger partial charge < -0.3 is 10.0 Å². The van der Waals surface area contributed by atoms with Crippen LogP contribution in [0.15, 0.2) is 60.3 Å². The van der Waals surface area contributed by atoms with Gasteiger partial charge in [-0.1, -0.05) is 54.1 Å². The standard InChI is InChI=1S/C23H25Cl2N3O/c1-3-17(8-7-16(2)24)22-23(18-9-11-19(25)12-10-18)27-21(14-26-22)28-13-5-4-6-20(28)15-29/h3,7-12,14,20,29H,2,4-6,13,15H2,1H3/b8-7-,17-3+. The van der Waals surface area contributed by atoms with Crippen molar-refractivity contribution < 1.29 is 5.11 Å². The SMILES string of the molecule is C=C(Cl)/C=C\C(=C/C)c1ncc(N2CCCCC2CO)nc1-c1ccc(Cl)cc1. The second-order valence-corrected chi connectivity index (χ2v) is 7.90. The molecule has 0 radical (unpaired) electrons. The van der Waals surface area contributed by atoms with Crippen LogP contribution in [0.4, 0.5) is 5.82 Å². The van der Waals surface area contributed by atoms with E-state index in [0.29, 0.717) is 10.1 Å². The lowest BCUT2D eigenvalue weighted by Crippen LogP contribution is -2.42. The summed E-state index contributed by atoms with van der Waals surface area (Å²) in [6.45, 7) is 6.63. The van der Waals surface area contributed by atoms with E-state index in [4.69, 9.17) is 33.2 Å². The molecule has 1 aromatic carbocycles. The molecule has 6 heteroatoms. The van der Waals surface area contributed by atoms with E-state index in [0.717, 1.165) is 54.1 Å². The zero-order chi connectivity index (χ0) is 20.8. The average molecular weight is 430 g/mol. The van der Waals surface area contributed by atoms with E-state index in [2.05, 4.69) is 11.5 Å². The highest BCUT2D eigenvalue weighted by Gasteiger charge is 2.24. The molecule has 1 aliphatic heterocycles. The van der Waals surface area contributed by atoms with Crippen molar-refractivity contribution in [2.75, 3.05) is 18.1 Å². The maximum atomic E-state index is 9.80. The number of benzene rings is 1. The number of hydrogen-bond donors (Lipinski definition) is 1. The monoisotopic (exact) mass is 429 g/mol. The lowest BCUT2D eigenvalue weighted by Gasteiger charge is -2.35. The average Bonchev–Trinajstić information content (AvgIpc) is 2.74. The number of allylic oxidation sites excluding steroid dienone is 5. The lowest BCUT2D eigenvalue weighted by atomic mass is 10.0. The molecule has 0 saturated carbocycles. The van der Waals surface area contributed by atoms with Crippen LogP contribution >= 0.6 is 23.2 Å². The molecule has 3 rings (SSSR count). The summed E-state index contributed by atoms with van der Waals surface area (Å²) >= 11 is 12.0. The number of aromatic nitrogens is 2. The van der Waals surface area contributed by atoms with Crippen molar-refractivity contribution in [2.24, 2.45) is 0 Å². The third-order valence-electron chi connectivity index (χ3n) is 5.04. The second-order valence-electron chi connectivity index (χ2n) is 6.98. The van der Waals surface area contributed by atoms with Gasteiger partial charge in [-0.05, 0) is 50.0 Å². The Morgan fingerprint density at radius 2 is 2.03 bits per heavy atom. The van der Waals surface area contributed by atoms with Crippen molar-refractivity contribution in [3.05, 3.63) is 71.0 Å². The minimum absolute atomic E-state index is 0.0719. The van der Waals surface area contributed by atoms with Gasteiger partial charge in [0.05, 0.1) is 30.2 Å². The fraction of sp³-hybridized carbons (Fsp3) is 0.304. The van der Waals surface area contributed by atoms with Crippen molar-refractivity contribution in [1.82, 2.24) is 9.97 Å². The number of hydrogen-bond acceptors (Lipinski definition) is 4. The van der Waals surface area contributed by atoms with Crippen LogP contribution in [-0.2, 0) is 0 Å². The molecule has 1 fully saturated rings. The summed E-state index contributed by atoms with van der Waals surface area (Å²) in [4.78, 5) is 11.9. The van der Waals surface area contributed by atoms with E-state index in [1.165, 1.54) is 0 Å². The Morgan fingerprint density at radius 3 is 2.69 bits per heavy atom. The van der Waals surface area contributed by atoms with Crippen LogP contribution in [0.1, 0.15) is 31.9 Å². The third-order valence-corrected chi connectivity index (χ3v) is 5.42. The lowest BCUT2D eigenvalue weighted by molar-refractivity contribution is 0.239. The van der Waals surface area contributed by atoms with Gasteiger partial charge >= 0.3 is 0 Å². The number of piperidine rings is 1. The quantitative estimate of drug-likeness (QED) is 0.584. The van der Waals surface area contributed by atoms with Crippen molar-refractivity contribution in [3.8, 4) is 11.3 Å². The molecule has 4 nitrogen and oxygen atoms in total. The van der Waals surface area contributed by atoms with Crippen molar-refractivity contribution in [3.63, 3.8) is 0 Å². The summed E-state index contributed by atoms with van der Waals surface area (Å²) in [6, 6.07) is 7.65. The molecule has 29 heavy (non-hydrogen) atoms. The molecule has 0 amide bonds. The predicted molar refractivity (Wildman–Crippen MR) is 122 cm³/mol. The first kappa shape index (κ1) is 21.6. The highest BCUT2D eigenvalue weighted by Crippen LogP contribution is 2.31. The summed E-state index contributed by atoms with van der Waals surface area (Å²) in [5.74, 6) is 0.777. The number of aliphatic hydroxyl groups excluding tert-OH is 1. The van der Waals surface area contributed by atoms with Crippen LogP contribution in [0.5, 0.6) is 0 Å². The zero-order valence-corrected chi connectivity index (χ0v) is 18.0. The van der Waals surface area contributed by atoms with Crippen molar-refractivity contribution in [2.45, 2.75) is 32.2 Å². The smallest absolute Gasteiger partial charge is 0.148 e. The summed E-state index contributed by atoms with van der Waals surface area (Å²) in [5, 5.41) is 10.9. The first-order valence-corrected chi connectivity index (χ1v) is 10.5. The van der Waals surface area contributed by atoms with Crippen LogP contribution in [0.2, 0.25) is 5.02 Å². The predicted octanol–water partition coefficient (Wildman–Crippen LogP) is 5.86. The maximum absolute atomic E-state index is 9.80. The van der Waals surface area contributed by atoms with E-state index in [9.17, 15) is 5.11 Å². The molecule has 1 aliphatic rings. The molecule has 0 aliphatic carbocycles. The third kappa shape index (κ3) is 5.27. The molecule has 0 bridgehead atoms.